The molecule has 0 radical (unpaired) electrons. The average molecular weight is 236 g/mol. The lowest BCUT2D eigenvalue weighted by molar-refractivity contribution is -0.140. The van der Waals surface area contributed by atoms with E-state index in [-0.39, 0.29) is 17.4 Å². The molecule has 88 valence electrons. The highest BCUT2D eigenvalue weighted by Crippen LogP contribution is 2.17. The van der Waals surface area contributed by atoms with Gasteiger partial charge in [-0.3, -0.25) is 4.79 Å². The summed E-state index contributed by atoms with van der Waals surface area (Å²) < 4.78 is 33.0. The minimum Gasteiger partial charge on any atom is -0.469 e. The summed E-state index contributed by atoms with van der Waals surface area (Å²) in [5.74, 6) is -0.602. The van der Waals surface area contributed by atoms with Crippen molar-refractivity contribution in [3.63, 3.8) is 0 Å². The van der Waals surface area contributed by atoms with E-state index < -0.39 is 15.8 Å². The molecule has 0 saturated carbocycles. The molecule has 1 aliphatic heterocycles. The number of sulfone groups is 1. The number of hydrogen-bond donors (Lipinski definition) is 0. The van der Waals surface area contributed by atoms with Crippen molar-refractivity contribution in [2.75, 3.05) is 26.1 Å². The molecule has 0 N–H and O–H groups in total. The summed E-state index contributed by atoms with van der Waals surface area (Å²) >= 11 is 0. The van der Waals surface area contributed by atoms with E-state index in [1.165, 1.54) is 7.11 Å². The number of carbonyl (C=O) groups excluding carboxylic acids is 1. The van der Waals surface area contributed by atoms with Crippen molar-refractivity contribution in [2.24, 2.45) is 0 Å². The van der Waals surface area contributed by atoms with Crippen molar-refractivity contribution < 1.29 is 22.7 Å². The highest BCUT2D eigenvalue weighted by atomic mass is 32.2. The molecule has 1 saturated heterocycles. The van der Waals surface area contributed by atoms with Crippen LogP contribution in [-0.4, -0.2) is 45.7 Å². The zero-order chi connectivity index (χ0) is 11.3. The van der Waals surface area contributed by atoms with E-state index in [1.54, 1.807) is 0 Å². The Morgan fingerprint density at radius 1 is 1.40 bits per heavy atom. The molecule has 0 aromatic rings. The maximum Gasteiger partial charge on any atom is 0.306 e. The van der Waals surface area contributed by atoms with Crippen LogP contribution >= 0.6 is 0 Å². The van der Waals surface area contributed by atoms with Crippen molar-refractivity contribution in [3.8, 4) is 0 Å². The zero-order valence-corrected chi connectivity index (χ0v) is 9.59. The molecule has 1 fully saturated rings. The van der Waals surface area contributed by atoms with E-state index >= 15 is 0 Å². The van der Waals surface area contributed by atoms with Crippen LogP contribution in [0.5, 0.6) is 0 Å². The van der Waals surface area contributed by atoms with Crippen LogP contribution in [0.3, 0.4) is 0 Å². The summed E-state index contributed by atoms with van der Waals surface area (Å²) in [7, 11) is -1.92. The Bertz CT molecular complexity index is 302. The smallest absolute Gasteiger partial charge is 0.306 e. The first kappa shape index (κ1) is 12.4. The second kappa shape index (κ2) is 5.46. The molecule has 5 nitrogen and oxygen atoms in total. The normalized spacial score (nSPS) is 18.7. The minimum absolute atomic E-state index is 0.0593. The molecule has 6 heteroatoms. The van der Waals surface area contributed by atoms with Gasteiger partial charge >= 0.3 is 5.97 Å². The van der Waals surface area contributed by atoms with Crippen molar-refractivity contribution in [3.05, 3.63) is 0 Å². The van der Waals surface area contributed by atoms with E-state index in [0.717, 1.165) is 0 Å². The lowest BCUT2D eigenvalue weighted by Gasteiger charge is -2.21. The number of hydrogen-bond acceptors (Lipinski definition) is 5. The van der Waals surface area contributed by atoms with Gasteiger partial charge in [-0.05, 0) is 12.8 Å². The van der Waals surface area contributed by atoms with Gasteiger partial charge in [0.2, 0.25) is 0 Å². The van der Waals surface area contributed by atoms with Crippen molar-refractivity contribution in [2.45, 2.75) is 24.5 Å². The first-order valence-electron chi connectivity index (χ1n) is 4.92. The standard InChI is InChI=1S/C9H16O5S/c1-13-9(10)4-7-15(11,12)8-2-5-14-6-3-8/h8H,2-7H2,1H3. The summed E-state index contributed by atoms with van der Waals surface area (Å²) in [6.07, 6.45) is 1.00. The number of carbonyl (C=O) groups is 1. The average Bonchev–Trinajstić information content (AvgIpc) is 2.27. The van der Waals surface area contributed by atoms with Gasteiger partial charge < -0.3 is 9.47 Å². The summed E-state index contributed by atoms with van der Waals surface area (Å²) in [6.45, 7) is 0.976. The fourth-order valence-corrected chi connectivity index (χ4v) is 3.22. The molecule has 1 aliphatic rings. The Balaban J connectivity index is 2.46. The molecule has 0 aromatic heterocycles. The van der Waals surface area contributed by atoms with E-state index in [1.807, 2.05) is 0 Å². The first-order chi connectivity index (χ1) is 7.06. The third-order valence-electron chi connectivity index (χ3n) is 2.49. The molecule has 0 spiro atoms. The topological polar surface area (TPSA) is 69.7 Å². The number of methoxy groups -OCH3 is 1. The first-order valence-corrected chi connectivity index (χ1v) is 6.64. The number of esters is 1. The Morgan fingerprint density at radius 2 is 2.00 bits per heavy atom. The monoisotopic (exact) mass is 236 g/mol. The van der Waals surface area contributed by atoms with E-state index in [0.29, 0.717) is 26.1 Å². The maximum absolute atomic E-state index is 11.7. The van der Waals surface area contributed by atoms with Gasteiger partial charge in [0.25, 0.3) is 0 Å². The van der Waals surface area contributed by atoms with Gasteiger partial charge in [0.1, 0.15) is 0 Å². The van der Waals surface area contributed by atoms with Crippen LogP contribution in [-0.2, 0) is 24.1 Å². The predicted molar refractivity (Wildman–Crippen MR) is 54.3 cm³/mol. The van der Waals surface area contributed by atoms with Gasteiger partial charge in [-0.1, -0.05) is 0 Å². The molecule has 0 bridgehead atoms. The largest absolute Gasteiger partial charge is 0.469 e. The van der Waals surface area contributed by atoms with Gasteiger partial charge in [-0.2, -0.15) is 0 Å². The Morgan fingerprint density at radius 3 is 2.53 bits per heavy atom. The third-order valence-corrected chi connectivity index (χ3v) is 4.75. The van der Waals surface area contributed by atoms with Gasteiger partial charge in [0.15, 0.2) is 9.84 Å². The van der Waals surface area contributed by atoms with E-state index in [9.17, 15) is 13.2 Å². The van der Waals surface area contributed by atoms with Gasteiger partial charge in [0.05, 0.1) is 24.5 Å². The van der Waals surface area contributed by atoms with E-state index in [2.05, 4.69) is 4.74 Å². The van der Waals surface area contributed by atoms with Gasteiger partial charge in [-0.25, -0.2) is 8.42 Å². The summed E-state index contributed by atoms with van der Waals surface area (Å²) in [5.41, 5.74) is 0. The van der Waals surface area contributed by atoms with Crippen LogP contribution in [0.4, 0.5) is 0 Å². The molecule has 15 heavy (non-hydrogen) atoms. The Hall–Kier alpha value is -0.620. The van der Waals surface area contributed by atoms with Crippen molar-refractivity contribution in [1.82, 2.24) is 0 Å². The summed E-state index contributed by atoms with van der Waals surface area (Å²) in [5, 5.41) is -0.351. The van der Waals surface area contributed by atoms with Crippen LogP contribution in [0.1, 0.15) is 19.3 Å². The highest BCUT2D eigenvalue weighted by Gasteiger charge is 2.27. The van der Waals surface area contributed by atoms with Crippen molar-refractivity contribution in [1.29, 1.82) is 0 Å². The van der Waals surface area contributed by atoms with Crippen LogP contribution in [0.25, 0.3) is 0 Å². The Kier molecular flexibility index (Phi) is 4.53. The zero-order valence-electron chi connectivity index (χ0n) is 8.77. The van der Waals surface area contributed by atoms with Crippen molar-refractivity contribution >= 4 is 15.8 Å². The molecule has 1 heterocycles. The fraction of sp³-hybridized carbons (Fsp3) is 0.889. The van der Waals surface area contributed by atoms with Crippen LogP contribution in [0, 0.1) is 0 Å². The second-order valence-electron chi connectivity index (χ2n) is 3.50. The Labute approximate surface area is 89.7 Å². The summed E-state index contributed by atoms with van der Waals surface area (Å²) in [4.78, 5) is 10.8. The molecular formula is C9H16O5S. The molecule has 1 rings (SSSR count). The van der Waals surface area contributed by atoms with Gasteiger partial charge in [-0.15, -0.1) is 0 Å². The van der Waals surface area contributed by atoms with Crippen LogP contribution < -0.4 is 0 Å². The number of ether oxygens (including phenoxy) is 2. The maximum atomic E-state index is 11.7. The van der Waals surface area contributed by atoms with Crippen LogP contribution in [0.15, 0.2) is 0 Å². The second-order valence-corrected chi connectivity index (χ2v) is 5.91. The predicted octanol–water partition coefficient (Wildman–Crippen LogP) is 0.143. The highest BCUT2D eigenvalue weighted by molar-refractivity contribution is 7.92. The quantitative estimate of drug-likeness (QED) is 0.649. The SMILES string of the molecule is COC(=O)CCS(=O)(=O)C1CCOCC1. The summed E-state index contributed by atoms with van der Waals surface area (Å²) in [6, 6.07) is 0. The molecule has 0 amide bonds. The molecular weight excluding hydrogens is 220 g/mol. The minimum atomic E-state index is -3.17. The molecule has 0 aliphatic carbocycles. The fourth-order valence-electron chi connectivity index (χ4n) is 1.53. The lowest BCUT2D eigenvalue weighted by atomic mass is 10.2. The van der Waals surface area contributed by atoms with E-state index in [4.69, 9.17) is 4.74 Å². The molecule has 0 unspecified atom stereocenters. The molecule has 0 aromatic carbocycles. The molecule has 0 atom stereocenters. The number of rotatable bonds is 4. The van der Waals surface area contributed by atoms with Crippen LogP contribution in [0.2, 0.25) is 0 Å². The third kappa shape index (κ3) is 3.79. The lowest BCUT2D eigenvalue weighted by Crippen LogP contribution is -2.31. The van der Waals surface area contributed by atoms with Gasteiger partial charge in [0, 0.05) is 13.2 Å².